The molecule has 0 radical (unpaired) electrons. The van der Waals surface area contributed by atoms with Crippen LogP contribution in [-0.4, -0.2) is 54.6 Å². The molecule has 174 valence electrons. The Morgan fingerprint density at radius 1 is 1.09 bits per heavy atom. The van der Waals surface area contributed by atoms with E-state index in [1.165, 1.54) is 0 Å². The highest BCUT2D eigenvalue weighted by Crippen LogP contribution is 2.38. The monoisotopic (exact) mass is 467 g/mol. The number of carbonyl (C=O) groups is 1. The average molecular weight is 467 g/mol. The maximum absolute atomic E-state index is 13.7. The molecule has 1 N–H and O–H groups in total. The summed E-state index contributed by atoms with van der Waals surface area (Å²) < 4.78 is 10.9. The van der Waals surface area contributed by atoms with E-state index >= 15 is 0 Å². The number of methoxy groups -OCH3 is 1. The molecule has 6 rings (SSSR count). The van der Waals surface area contributed by atoms with Crippen LogP contribution in [0.4, 0.5) is 0 Å². The van der Waals surface area contributed by atoms with E-state index in [4.69, 9.17) is 14.1 Å². The van der Waals surface area contributed by atoms with Crippen LogP contribution in [0.1, 0.15) is 46.7 Å². The third-order valence-electron chi connectivity index (χ3n) is 6.21. The van der Waals surface area contributed by atoms with Crippen molar-refractivity contribution in [3.05, 3.63) is 84.2 Å². The van der Waals surface area contributed by atoms with Crippen LogP contribution < -0.4 is 4.74 Å². The zero-order chi connectivity index (χ0) is 23.9. The minimum Gasteiger partial charge on any atom is -0.495 e. The smallest absolute Gasteiger partial charge is 0.312 e. The van der Waals surface area contributed by atoms with Gasteiger partial charge in [-0.05, 0) is 23.6 Å². The number of fused-ring (bicyclic) bond motifs is 2. The molecular weight excluding hydrogens is 446 g/mol. The van der Waals surface area contributed by atoms with Gasteiger partial charge in [0, 0.05) is 24.0 Å². The lowest BCUT2D eigenvalue weighted by Crippen LogP contribution is -2.42. The van der Waals surface area contributed by atoms with E-state index in [9.17, 15) is 4.79 Å². The van der Waals surface area contributed by atoms with Crippen molar-refractivity contribution in [2.75, 3.05) is 13.7 Å². The minimum absolute atomic E-state index is 0.0163. The number of benzene rings is 1. The van der Waals surface area contributed by atoms with Gasteiger partial charge in [0.2, 0.25) is 0 Å². The van der Waals surface area contributed by atoms with Gasteiger partial charge in [0.1, 0.15) is 17.5 Å². The highest BCUT2D eigenvalue weighted by molar-refractivity contribution is 5.91. The van der Waals surface area contributed by atoms with Gasteiger partial charge >= 0.3 is 11.8 Å². The van der Waals surface area contributed by atoms with Crippen LogP contribution >= 0.6 is 0 Å². The Balaban J connectivity index is 1.39. The molecule has 0 saturated heterocycles. The van der Waals surface area contributed by atoms with Crippen molar-refractivity contribution >= 4 is 16.7 Å². The SMILES string of the molecule is COc1ccc(-c2nnc(C(=O)N3C[C@H](C)c4nc[nH]c4[C@H]3c3cc4ccccc4cn3)o2)nc1. The third-order valence-corrected chi connectivity index (χ3v) is 6.21. The first-order valence-electron chi connectivity index (χ1n) is 11.1. The molecule has 0 saturated carbocycles. The second-order valence-corrected chi connectivity index (χ2v) is 8.41. The van der Waals surface area contributed by atoms with E-state index in [0.29, 0.717) is 18.0 Å². The molecule has 35 heavy (non-hydrogen) atoms. The second-order valence-electron chi connectivity index (χ2n) is 8.41. The van der Waals surface area contributed by atoms with Crippen LogP contribution in [0.15, 0.2) is 65.6 Å². The molecule has 5 heterocycles. The lowest BCUT2D eigenvalue weighted by molar-refractivity contribution is 0.0629. The minimum atomic E-state index is -0.477. The standard InChI is InChI=1S/C25H21N7O3/c1-14-12-32(25(33)24-31-30-23(35-24)18-8-7-17(34-2)11-27-18)22(21-20(14)28-13-29-21)19-9-15-5-3-4-6-16(15)10-26-19/h3-11,13-14,22H,12H2,1-2H3,(H,28,29)/t14-,22+/m0/s1. The summed E-state index contributed by atoms with van der Waals surface area (Å²) in [5.74, 6) is 0.280. The Morgan fingerprint density at radius 3 is 2.74 bits per heavy atom. The second kappa shape index (κ2) is 8.32. The molecule has 0 spiro atoms. The fraction of sp³-hybridized carbons (Fsp3) is 0.200. The van der Waals surface area contributed by atoms with Crippen LogP contribution in [0.5, 0.6) is 5.75 Å². The normalized spacial score (nSPS) is 17.4. The number of ether oxygens (including phenoxy) is 1. The summed E-state index contributed by atoms with van der Waals surface area (Å²) in [6.45, 7) is 2.46. The van der Waals surface area contributed by atoms with Crippen molar-refractivity contribution in [1.82, 2.24) is 35.0 Å². The molecule has 1 aliphatic rings. The molecule has 0 bridgehead atoms. The summed E-state index contributed by atoms with van der Waals surface area (Å²) >= 11 is 0. The average Bonchev–Trinajstić information content (AvgIpc) is 3.59. The van der Waals surface area contributed by atoms with Crippen molar-refractivity contribution in [3.63, 3.8) is 0 Å². The number of H-pyrrole nitrogens is 1. The Bertz CT molecular complexity index is 1530. The molecule has 2 atom stereocenters. The van der Waals surface area contributed by atoms with Gasteiger partial charge in [0.15, 0.2) is 0 Å². The van der Waals surface area contributed by atoms with Gasteiger partial charge in [0.25, 0.3) is 5.89 Å². The van der Waals surface area contributed by atoms with Gasteiger partial charge in [0.05, 0.1) is 36.7 Å². The number of hydrogen-bond donors (Lipinski definition) is 1. The number of aromatic amines is 1. The zero-order valence-electron chi connectivity index (χ0n) is 19.0. The predicted molar refractivity (Wildman–Crippen MR) is 126 cm³/mol. The first-order valence-corrected chi connectivity index (χ1v) is 11.1. The number of carbonyl (C=O) groups excluding carboxylic acids is 1. The predicted octanol–water partition coefficient (Wildman–Crippen LogP) is 3.76. The quantitative estimate of drug-likeness (QED) is 0.424. The number of hydrogen-bond acceptors (Lipinski definition) is 8. The summed E-state index contributed by atoms with van der Waals surface area (Å²) in [6.07, 6.45) is 5.03. The van der Waals surface area contributed by atoms with E-state index in [2.05, 4.69) is 25.1 Å². The topological polar surface area (TPSA) is 123 Å². The van der Waals surface area contributed by atoms with Crippen molar-refractivity contribution in [1.29, 1.82) is 0 Å². The highest BCUT2D eigenvalue weighted by atomic mass is 16.5. The number of imidazole rings is 1. The van der Waals surface area contributed by atoms with Gasteiger partial charge < -0.3 is 19.0 Å². The Morgan fingerprint density at radius 2 is 1.94 bits per heavy atom. The van der Waals surface area contributed by atoms with Gasteiger partial charge in [-0.15, -0.1) is 10.2 Å². The lowest BCUT2D eigenvalue weighted by atomic mass is 9.92. The van der Waals surface area contributed by atoms with Gasteiger partial charge in [-0.3, -0.25) is 9.78 Å². The molecule has 0 aliphatic carbocycles. The Kier molecular flexibility index (Phi) is 4.98. The maximum Gasteiger partial charge on any atom is 0.312 e. The van der Waals surface area contributed by atoms with Crippen molar-refractivity contribution in [3.8, 4) is 17.3 Å². The summed E-state index contributed by atoms with van der Waals surface area (Å²) in [5.41, 5.74) is 2.93. The van der Waals surface area contributed by atoms with Crippen molar-refractivity contribution in [2.24, 2.45) is 0 Å². The van der Waals surface area contributed by atoms with E-state index in [-0.39, 0.29) is 23.6 Å². The van der Waals surface area contributed by atoms with E-state index in [1.807, 2.05) is 43.5 Å². The summed E-state index contributed by atoms with van der Waals surface area (Å²) in [7, 11) is 1.56. The molecule has 1 aromatic carbocycles. The molecule has 10 nitrogen and oxygen atoms in total. The fourth-order valence-electron chi connectivity index (χ4n) is 4.49. The largest absolute Gasteiger partial charge is 0.495 e. The van der Waals surface area contributed by atoms with Crippen molar-refractivity contribution in [2.45, 2.75) is 18.9 Å². The number of nitrogens with zero attached hydrogens (tertiary/aromatic N) is 6. The van der Waals surface area contributed by atoms with Crippen LogP contribution in [-0.2, 0) is 0 Å². The molecule has 1 aliphatic heterocycles. The maximum atomic E-state index is 13.7. The summed E-state index contributed by atoms with van der Waals surface area (Å²) in [6, 6.07) is 12.9. The Hall–Kier alpha value is -4.60. The first kappa shape index (κ1) is 21.0. The van der Waals surface area contributed by atoms with E-state index in [0.717, 1.165) is 27.9 Å². The lowest BCUT2D eigenvalue weighted by Gasteiger charge is -2.36. The highest BCUT2D eigenvalue weighted by Gasteiger charge is 2.40. The third kappa shape index (κ3) is 3.59. The van der Waals surface area contributed by atoms with Crippen LogP contribution in [0.3, 0.4) is 0 Å². The number of amides is 1. The van der Waals surface area contributed by atoms with Crippen molar-refractivity contribution < 1.29 is 13.9 Å². The number of pyridine rings is 2. The molecular formula is C25H21N7O3. The number of nitrogens with one attached hydrogen (secondary N) is 1. The molecule has 1 amide bonds. The van der Waals surface area contributed by atoms with E-state index in [1.54, 1.807) is 36.7 Å². The van der Waals surface area contributed by atoms with Crippen LogP contribution in [0.25, 0.3) is 22.4 Å². The van der Waals surface area contributed by atoms with Crippen LogP contribution in [0.2, 0.25) is 0 Å². The van der Waals surface area contributed by atoms with Gasteiger partial charge in [-0.25, -0.2) is 9.97 Å². The Labute approximate surface area is 200 Å². The fourth-order valence-corrected chi connectivity index (χ4v) is 4.49. The summed E-state index contributed by atoms with van der Waals surface area (Å²) in [5, 5.41) is 10.1. The molecule has 0 unspecified atom stereocenters. The van der Waals surface area contributed by atoms with Crippen LogP contribution in [0, 0.1) is 0 Å². The zero-order valence-corrected chi connectivity index (χ0v) is 19.0. The number of aromatic nitrogens is 6. The van der Waals surface area contributed by atoms with Gasteiger partial charge in [-0.2, -0.15) is 0 Å². The van der Waals surface area contributed by atoms with Gasteiger partial charge in [-0.1, -0.05) is 31.2 Å². The molecule has 10 heteroatoms. The van der Waals surface area contributed by atoms with E-state index < -0.39 is 6.04 Å². The molecule has 4 aromatic heterocycles. The number of rotatable bonds is 4. The molecule has 0 fully saturated rings. The molecule has 5 aromatic rings. The first-order chi connectivity index (χ1) is 17.1. The summed E-state index contributed by atoms with van der Waals surface area (Å²) in [4.78, 5) is 32.1.